The maximum absolute atomic E-state index is 5.84. The minimum atomic E-state index is 0.466. The SMILES string of the molecule is COc1cccc(Oc2cc(-n3nc(C)cc3C)nc(C)n2)c1. The lowest BCUT2D eigenvalue weighted by molar-refractivity contribution is 0.407. The van der Waals surface area contributed by atoms with Crippen LogP contribution in [0.3, 0.4) is 0 Å². The van der Waals surface area contributed by atoms with Gasteiger partial charge in [-0.3, -0.25) is 0 Å². The zero-order chi connectivity index (χ0) is 16.4. The third-order valence-corrected chi connectivity index (χ3v) is 3.29. The Labute approximate surface area is 134 Å². The maximum atomic E-state index is 5.84. The van der Waals surface area contributed by atoms with E-state index >= 15 is 0 Å². The molecular weight excluding hydrogens is 292 g/mol. The number of hydrogen-bond acceptors (Lipinski definition) is 5. The Hall–Kier alpha value is -2.89. The van der Waals surface area contributed by atoms with E-state index in [0.717, 1.165) is 17.1 Å². The second-order valence-electron chi connectivity index (χ2n) is 5.23. The van der Waals surface area contributed by atoms with E-state index in [-0.39, 0.29) is 0 Å². The molecule has 0 saturated carbocycles. The van der Waals surface area contributed by atoms with Gasteiger partial charge in [-0.1, -0.05) is 6.07 Å². The van der Waals surface area contributed by atoms with Crippen LogP contribution in [0.25, 0.3) is 5.82 Å². The average molecular weight is 310 g/mol. The third kappa shape index (κ3) is 3.31. The van der Waals surface area contributed by atoms with Gasteiger partial charge in [0.1, 0.15) is 17.3 Å². The summed E-state index contributed by atoms with van der Waals surface area (Å²) in [5.41, 5.74) is 1.95. The van der Waals surface area contributed by atoms with Gasteiger partial charge in [0, 0.05) is 17.8 Å². The minimum Gasteiger partial charge on any atom is -0.497 e. The van der Waals surface area contributed by atoms with E-state index in [0.29, 0.717) is 23.3 Å². The molecule has 3 rings (SSSR count). The summed E-state index contributed by atoms with van der Waals surface area (Å²) in [6, 6.07) is 11.2. The Balaban J connectivity index is 1.95. The summed E-state index contributed by atoms with van der Waals surface area (Å²) in [5.74, 6) is 3.15. The van der Waals surface area contributed by atoms with Crippen molar-refractivity contribution >= 4 is 0 Å². The summed E-state index contributed by atoms with van der Waals surface area (Å²) < 4.78 is 12.8. The molecular formula is C17H18N4O2. The fourth-order valence-electron chi connectivity index (χ4n) is 2.33. The summed E-state index contributed by atoms with van der Waals surface area (Å²) in [5, 5.41) is 4.45. The number of rotatable bonds is 4. The molecule has 0 spiro atoms. The van der Waals surface area contributed by atoms with Crippen LogP contribution in [0.2, 0.25) is 0 Å². The predicted octanol–water partition coefficient (Wildman–Crippen LogP) is 3.39. The van der Waals surface area contributed by atoms with E-state index in [9.17, 15) is 0 Å². The molecule has 2 aromatic heterocycles. The summed E-state index contributed by atoms with van der Waals surface area (Å²) >= 11 is 0. The van der Waals surface area contributed by atoms with Crippen molar-refractivity contribution in [1.82, 2.24) is 19.7 Å². The summed E-state index contributed by atoms with van der Waals surface area (Å²) in [6.45, 7) is 5.76. The van der Waals surface area contributed by atoms with Crippen molar-refractivity contribution in [3.8, 4) is 23.2 Å². The van der Waals surface area contributed by atoms with Gasteiger partial charge in [0.25, 0.3) is 0 Å². The second-order valence-corrected chi connectivity index (χ2v) is 5.23. The number of aromatic nitrogens is 4. The van der Waals surface area contributed by atoms with Crippen LogP contribution in [0.4, 0.5) is 0 Å². The first-order chi connectivity index (χ1) is 11.0. The number of hydrogen-bond donors (Lipinski definition) is 0. The van der Waals surface area contributed by atoms with Crippen LogP contribution < -0.4 is 9.47 Å². The highest BCUT2D eigenvalue weighted by Crippen LogP contribution is 2.25. The molecule has 118 valence electrons. The van der Waals surface area contributed by atoms with Gasteiger partial charge in [0.15, 0.2) is 5.82 Å². The van der Waals surface area contributed by atoms with E-state index < -0.39 is 0 Å². The molecule has 0 amide bonds. The zero-order valence-corrected chi connectivity index (χ0v) is 13.6. The van der Waals surface area contributed by atoms with Crippen LogP contribution in [-0.4, -0.2) is 26.9 Å². The molecule has 0 saturated heterocycles. The summed E-state index contributed by atoms with van der Waals surface area (Å²) in [4.78, 5) is 8.77. The highest BCUT2D eigenvalue weighted by Gasteiger charge is 2.10. The predicted molar refractivity (Wildman–Crippen MR) is 86.4 cm³/mol. The van der Waals surface area contributed by atoms with Crippen molar-refractivity contribution in [1.29, 1.82) is 0 Å². The highest BCUT2D eigenvalue weighted by atomic mass is 16.5. The van der Waals surface area contributed by atoms with Crippen molar-refractivity contribution in [2.75, 3.05) is 7.11 Å². The lowest BCUT2D eigenvalue weighted by atomic mass is 10.3. The Bertz CT molecular complexity index is 842. The first-order valence-electron chi connectivity index (χ1n) is 7.26. The van der Waals surface area contributed by atoms with Crippen molar-refractivity contribution in [3.05, 3.63) is 53.6 Å². The quantitative estimate of drug-likeness (QED) is 0.739. The van der Waals surface area contributed by atoms with Gasteiger partial charge in [-0.05, 0) is 39.0 Å². The van der Waals surface area contributed by atoms with Gasteiger partial charge in [0.2, 0.25) is 5.88 Å². The smallest absolute Gasteiger partial charge is 0.224 e. The fraction of sp³-hybridized carbons (Fsp3) is 0.235. The summed E-state index contributed by atoms with van der Waals surface area (Å²) in [6.07, 6.45) is 0. The van der Waals surface area contributed by atoms with Gasteiger partial charge < -0.3 is 9.47 Å². The first kappa shape index (κ1) is 15.0. The van der Waals surface area contributed by atoms with E-state index in [2.05, 4.69) is 15.1 Å². The molecule has 6 heteroatoms. The summed E-state index contributed by atoms with van der Waals surface area (Å²) in [7, 11) is 1.62. The van der Waals surface area contributed by atoms with Crippen LogP contribution in [0, 0.1) is 20.8 Å². The highest BCUT2D eigenvalue weighted by molar-refractivity contribution is 5.37. The minimum absolute atomic E-state index is 0.466. The Morgan fingerprint density at radius 1 is 0.957 bits per heavy atom. The number of benzene rings is 1. The molecule has 3 aromatic rings. The van der Waals surface area contributed by atoms with Crippen LogP contribution in [0.5, 0.6) is 17.4 Å². The van der Waals surface area contributed by atoms with Crippen LogP contribution in [0.1, 0.15) is 17.2 Å². The number of aryl methyl sites for hydroxylation is 3. The molecule has 23 heavy (non-hydrogen) atoms. The third-order valence-electron chi connectivity index (χ3n) is 3.29. The molecule has 0 atom stereocenters. The average Bonchev–Trinajstić information content (AvgIpc) is 2.85. The van der Waals surface area contributed by atoms with Crippen LogP contribution in [0.15, 0.2) is 36.4 Å². The van der Waals surface area contributed by atoms with Crippen LogP contribution >= 0.6 is 0 Å². The Morgan fingerprint density at radius 3 is 2.43 bits per heavy atom. The Kier molecular flexibility index (Phi) is 3.97. The normalized spacial score (nSPS) is 10.6. The zero-order valence-electron chi connectivity index (χ0n) is 13.6. The lowest BCUT2D eigenvalue weighted by Crippen LogP contribution is -2.05. The molecule has 0 aliphatic heterocycles. The maximum Gasteiger partial charge on any atom is 0.224 e. The molecule has 0 bridgehead atoms. The van der Waals surface area contributed by atoms with Gasteiger partial charge in [0.05, 0.1) is 12.8 Å². The number of ether oxygens (including phenoxy) is 2. The first-order valence-corrected chi connectivity index (χ1v) is 7.26. The van der Waals surface area contributed by atoms with Crippen LogP contribution in [-0.2, 0) is 0 Å². The van der Waals surface area contributed by atoms with Gasteiger partial charge in [-0.2, -0.15) is 10.1 Å². The Morgan fingerprint density at radius 2 is 1.74 bits per heavy atom. The van der Waals surface area contributed by atoms with Gasteiger partial charge in [-0.15, -0.1) is 0 Å². The number of methoxy groups -OCH3 is 1. The van der Waals surface area contributed by atoms with Crippen molar-refractivity contribution < 1.29 is 9.47 Å². The van der Waals surface area contributed by atoms with Crippen molar-refractivity contribution in [2.24, 2.45) is 0 Å². The molecule has 0 aliphatic carbocycles. The molecule has 0 radical (unpaired) electrons. The standard InChI is InChI=1S/C17H18N4O2/c1-11-8-12(2)21(20-11)16-10-17(19-13(3)18-16)23-15-7-5-6-14(9-15)22-4/h5-10H,1-4H3. The molecule has 0 unspecified atom stereocenters. The van der Waals surface area contributed by atoms with E-state index in [1.54, 1.807) is 23.9 Å². The van der Waals surface area contributed by atoms with Gasteiger partial charge >= 0.3 is 0 Å². The molecule has 1 aromatic carbocycles. The molecule has 0 aliphatic rings. The lowest BCUT2D eigenvalue weighted by Gasteiger charge is -2.09. The topological polar surface area (TPSA) is 62.1 Å². The van der Waals surface area contributed by atoms with E-state index in [4.69, 9.17) is 9.47 Å². The monoisotopic (exact) mass is 310 g/mol. The number of nitrogens with zero attached hydrogens (tertiary/aromatic N) is 4. The molecule has 6 nitrogen and oxygen atoms in total. The van der Waals surface area contributed by atoms with Crippen molar-refractivity contribution in [2.45, 2.75) is 20.8 Å². The second kappa shape index (κ2) is 6.08. The molecule has 0 N–H and O–H groups in total. The van der Waals surface area contributed by atoms with E-state index in [1.807, 2.05) is 45.0 Å². The van der Waals surface area contributed by atoms with E-state index in [1.165, 1.54) is 0 Å². The van der Waals surface area contributed by atoms with Gasteiger partial charge in [-0.25, -0.2) is 9.67 Å². The molecule has 0 fully saturated rings. The fourth-order valence-corrected chi connectivity index (χ4v) is 2.33. The molecule has 2 heterocycles. The van der Waals surface area contributed by atoms with Crippen molar-refractivity contribution in [3.63, 3.8) is 0 Å². The largest absolute Gasteiger partial charge is 0.497 e.